The first kappa shape index (κ1) is 30.1. The van der Waals surface area contributed by atoms with E-state index in [1.165, 1.54) is 25.5 Å². The molecule has 2 atom stereocenters. The van der Waals surface area contributed by atoms with Crippen molar-refractivity contribution in [1.82, 2.24) is 5.32 Å². The number of carbonyl (C=O) groups excluding carboxylic acids is 2. The molecule has 3 aromatic carbocycles. The van der Waals surface area contributed by atoms with Gasteiger partial charge in [-0.1, -0.05) is 24.3 Å². The smallest absolute Gasteiger partial charge is 0.394 e. The molecule has 0 aliphatic carbocycles. The number of urea groups is 1. The highest BCUT2D eigenvalue weighted by molar-refractivity contribution is 7.70. The second-order valence-electron chi connectivity index (χ2n) is 9.75. The molecule has 0 bridgehead atoms. The number of hydrogen-bond donors (Lipinski definition) is 3. The van der Waals surface area contributed by atoms with Crippen molar-refractivity contribution < 1.29 is 45.6 Å². The number of aliphatic hydroxyl groups is 1. The van der Waals surface area contributed by atoms with Crippen molar-refractivity contribution >= 4 is 35.8 Å². The molecular formula is C27H24F6N3O4P. The first-order valence-electron chi connectivity index (χ1n) is 12.1. The zero-order valence-corrected chi connectivity index (χ0v) is 22.5. The lowest BCUT2D eigenvalue weighted by molar-refractivity contribution is -0.137. The Bertz CT molecular complexity index is 1560. The number of benzene rings is 3. The molecule has 3 aromatic rings. The second kappa shape index (κ2) is 11.2. The number of alkyl halides is 3. The maximum atomic E-state index is 15.4. The normalized spacial score (nSPS) is 17.6. The number of carbonyl (C=O) groups is 2. The van der Waals surface area contributed by atoms with Gasteiger partial charge in [-0.3, -0.25) is 4.79 Å². The van der Waals surface area contributed by atoms with Crippen LogP contribution in [0.2, 0.25) is 0 Å². The zero-order valence-electron chi connectivity index (χ0n) is 21.6. The van der Waals surface area contributed by atoms with Crippen molar-refractivity contribution in [3.05, 3.63) is 77.6 Å². The summed E-state index contributed by atoms with van der Waals surface area (Å²) in [5.74, 6) is -5.02. The Morgan fingerprint density at radius 3 is 2.32 bits per heavy atom. The lowest BCUT2D eigenvalue weighted by Crippen LogP contribution is -2.44. The van der Waals surface area contributed by atoms with E-state index in [2.05, 4.69) is 5.32 Å². The fraction of sp³-hybridized carbons (Fsp3) is 0.259. The summed E-state index contributed by atoms with van der Waals surface area (Å²) in [6.45, 7) is 2.29. The summed E-state index contributed by atoms with van der Waals surface area (Å²) >= 11 is 0. The van der Waals surface area contributed by atoms with E-state index in [9.17, 15) is 36.8 Å². The third kappa shape index (κ3) is 6.11. The highest BCUT2D eigenvalue weighted by Crippen LogP contribution is 2.41. The Labute approximate surface area is 230 Å². The lowest BCUT2D eigenvalue weighted by atomic mass is 10.0. The summed E-state index contributed by atoms with van der Waals surface area (Å²) in [6.07, 6.45) is -5.04. The van der Waals surface area contributed by atoms with Crippen LogP contribution < -0.4 is 20.8 Å². The topological polar surface area (TPSA) is 98.7 Å². The fourth-order valence-corrected chi connectivity index (χ4v) is 5.85. The lowest BCUT2D eigenvalue weighted by Gasteiger charge is -2.24. The zero-order chi connectivity index (χ0) is 30.3. The van der Waals surface area contributed by atoms with Gasteiger partial charge in [0.1, 0.15) is 19.0 Å². The van der Waals surface area contributed by atoms with Crippen molar-refractivity contribution in [2.24, 2.45) is 0 Å². The van der Waals surface area contributed by atoms with Crippen LogP contribution in [-0.4, -0.2) is 49.1 Å². The van der Waals surface area contributed by atoms with Crippen molar-refractivity contribution in [2.45, 2.75) is 24.7 Å². The number of anilines is 2. The van der Waals surface area contributed by atoms with Gasteiger partial charge in [-0.25, -0.2) is 18.0 Å². The molecular weight excluding hydrogens is 575 g/mol. The highest BCUT2D eigenvalue weighted by atomic mass is 31.2. The third-order valence-electron chi connectivity index (χ3n) is 6.56. The van der Waals surface area contributed by atoms with E-state index >= 15 is 8.78 Å². The minimum atomic E-state index is -4.80. The van der Waals surface area contributed by atoms with E-state index in [0.717, 1.165) is 11.0 Å². The van der Waals surface area contributed by atoms with E-state index in [4.69, 9.17) is 0 Å². The molecule has 0 aromatic heterocycles. The van der Waals surface area contributed by atoms with Gasteiger partial charge in [-0.15, -0.1) is 0 Å². The number of halogens is 6. The predicted molar refractivity (Wildman–Crippen MR) is 141 cm³/mol. The van der Waals surface area contributed by atoms with Crippen LogP contribution in [0.1, 0.15) is 12.0 Å². The number of aliphatic hydroxyl groups excluding tert-OH is 1. The van der Waals surface area contributed by atoms with Gasteiger partial charge in [0.15, 0.2) is 11.6 Å². The average molecular weight is 599 g/mol. The molecule has 0 saturated carbocycles. The molecule has 7 nitrogen and oxygen atoms in total. The van der Waals surface area contributed by atoms with Gasteiger partial charge in [0.2, 0.25) is 5.91 Å². The number of nitrogens with zero attached hydrogens (tertiary/aromatic N) is 1. The Hall–Kier alpha value is -3.83. The molecule has 218 valence electrons. The first-order valence-corrected chi connectivity index (χ1v) is 14.7. The van der Waals surface area contributed by atoms with Crippen molar-refractivity contribution in [2.75, 3.05) is 30.2 Å². The summed E-state index contributed by atoms with van der Waals surface area (Å²) < 4.78 is 95.9. The van der Waals surface area contributed by atoms with Crippen LogP contribution in [-0.2, 0) is 15.5 Å². The molecule has 1 aliphatic rings. The van der Waals surface area contributed by atoms with Gasteiger partial charge in [0, 0.05) is 10.9 Å². The largest absolute Gasteiger partial charge is 0.416 e. The van der Waals surface area contributed by atoms with Crippen LogP contribution >= 0.6 is 7.14 Å². The Kier molecular flexibility index (Phi) is 8.24. The van der Waals surface area contributed by atoms with E-state index < -0.39 is 78.3 Å². The average Bonchev–Trinajstić information content (AvgIpc) is 3.20. The maximum absolute atomic E-state index is 15.4. The fourth-order valence-electron chi connectivity index (χ4n) is 4.63. The second-order valence-corrected chi connectivity index (χ2v) is 12.9. The monoisotopic (exact) mass is 599 g/mol. The molecule has 3 N–H and O–H groups in total. The van der Waals surface area contributed by atoms with Gasteiger partial charge in [-0.2, -0.15) is 13.2 Å². The van der Waals surface area contributed by atoms with Gasteiger partial charge >= 0.3 is 12.2 Å². The number of hydrogen-bond acceptors (Lipinski definition) is 4. The summed E-state index contributed by atoms with van der Waals surface area (Å²) in [5.41, 5.74) is -2.35. The molecule has 0 spiro atoms. The maximum Gasteiger partial charge on any atom is 0.416 e. The first-order chi connectivity index (χ1) is 19.1. The Morgan fingerprint density at radius 1 is 1.02 bits per heavy atom. The molecule has 1 saturated heterocycles. The number of amides is 3. The van der Waals surface area contributed by atoms with Crippen LogP contribution in [0.4, 0.5) is 42.5 Å². The number of nitrogens with one attached hydrogen (secondary N) is 2. The third-order valence-corrected chi connectivity index (χ3v) is 8.12. The standard InChI is InChI=1S/C27H24F6N3O4P/c1-41(2,40)22-6-4-3-5-16(22)17-8-10-21(24(30)23(17)29)36-15(13-37)12-20(25(36)38)35-26(39)34-19-9-7-14(11-18(19)28)27(31,32)33/h3-11,15,20,37H,12-13H2,1-2H3,(H2,34,35,39)/t15-,20+/m0/s1. The van der Waals surface area contributed by atoms with Crippen LogP contribution in [0.3, 0.4) is 0 Å². The molecule has 1 heterocycles. The Balaban J connectivity index is 1.57. The van der Waals surface area contributed by atoms with Crippen molar-refractivity contribution in [3.63, 3.8) is 0 Å². The van der Waals surface area contributed by atoms with Crippen molar-refractivity contribution in [1.29, 1.82) is 0 Å². The molecule has 0 radical (unpaired) electrons. The number of rotatable bonds is 6. The highest BCUT2D eigenvalue weighted by Gasteiger charge is 2.42. The molecule has 4 rings (SSSR count). The summed E-state index contributed by atoms with van der Waals surface area (Å²) in [7, 11) is -2.88. The van der Waals surface area contributed by atoms with Crippen LogP contribution in [0.25, 0.3) is 11.1 Å². The van der Waals surface area contributed by atoms with Gasteiger partial charge in [-0.05, 0) is 55.6 Å². The van der Waals surface area contributed by atoms with Gasteiger partial charge in [0.05, 0.1) is 29.6 Å². The van der Waals surface area contributed by atoms with E-state index in [1.54, 1.807) is 18.2 Å². The summed E-state index contributed by atoms with van der Waals surface area (Å²) in [4.78, 5) is 26.4. The molecule has 1 aliphatic heterocycles. The summed E-state index contributed by atoms with van der Waals surface area (Å²) in [6, 6.07) is 6.43. The van der Waals surface area contributed by atoms with Crippen LogP contribution in [0.5, 0.6) is 0 Å². The van der Waals surface area contributed by atoms with E-state index in [-0.39, 0.29) is 23.6 Å². The SMILES string of the molecule is CP(C)(=O)c1ccccc1-c1ccc(N2C(=O)[C@H](NC(=O)Nc3ccc(C(F)(F)F)cc3F)C[C@H]2CO)c(F)c1F. The Morgan fingerprint density at radius 2 is 1.71 bits per heavy atom. The van der Waals surface area contributed by atoms with Gasteiger partial charge < -0.3 is 25.2 Å². The van der Waals surface area contributed by atoms with E-state index in [1.807, 2.05) is 5.32 Å². The minimum Gasteiger partial charge on any atom is -0.394 e. The molecule has 3 amide bonds. The molecule has 14 heteroatoms. The molecule has 41 heavy (non-hydrogen) atoms. The molecule has 1 fully saturated rings. The van der Waals surface area contributed by atoms with Crippen LogP contribution in [0, 0.1) is 17.5 Å². The summed E-state index contributed by atoms with van der Waals surface area (Å²) in [5, 5.41) is 14.4. The van der Waals surface area contributed by atoms with Crippen molar-refractivity contribution in [3.8, 4) is 11.1 Å². The molecule has 0 unspecified atom stereocenters. The van der Waals surface area contributed by atoms with E-state index in [0.29, 0.717) is 17.4 Å². The predicted octanol–water partition coefficient (Wildman–Crippen LogP) is 5.33. The van der Waals surface area contributed by atoms with Gasteiger partial charge in [0.25, 0.3) is 0 Å². The van der Waals surface area contributed by atoms with Crippen LogP contribution in [0.15, 0.2) is 54.6 Å². The minimum absolute atomic E-state index is 0.189. The quantitative estimate of drug-likeness (QED) is 0.264.